The first-order valence-corrected chi connectivity index (χ1v) is 16.9. The zero-order valence-corrected chi connectivity index (χ0v) is 28.9. The monoisotopic (exact) mass is 768 g/mol. The van der Waals surface area contributed by atoms with Gasteiger partial charge in [-0.1, -0.05) is 72.8 Å². The number of aromatic nitrogens is 8. The standard InChI is InChI=1S/C19H17F3N4O2.C18H17F3N4O2/c20-19(21,22)15-7-5-13(6-8-15)9-14-3-1-2-4-17(14)18-23-25-26(24-18)16-10-27-12-28-11-16;19-18(20,21)14-7-5-12(6-8-14)9-13-3-1-2-4-16(13)17-22-24-25(23-17)15(10-26)11-27/h1-8,16H,9-12H2;1-8,15,26-27H,9-11H2. The van der Waals surface area contributed by atoms with Gasteiger partial charge in [-0.15, -0.1) is 20.4 Å². The molecule has 4 aromatic carbocycles. The quantitative estimate of drug-likeness (QED) is 0.160. The average molecular weight is 769 g/mol. The predicted octanol–water partition coefficient (Wildman–Crippen LogP) is 5.97. The van der Waals surface area contributed by atoms with Gasteiger partial charge >= 0.3 is 12.4 Å². The van der Waals surface area contributed by atoms with E-state index in [1.54, 1.807) is 12.1 Å². The Bertz CT molecular complexity index is 2130. The van der Waals surface area contributed by atoms with Crippen molar-refractivity contribution in [2.75, 3.05) is 33.2 Å². The van der Waals surface area contributed by atoms with Crippen LogP contribution in [0.5, 0.6) is 0 Å². The zero-order chi connectivity index (χ0) is 39.0. The van der Waals surface area contributed by atoms with Crippen molar-refractivity contribution in [2.45, 2.75) is 37.3 Å². The maximum absolute atomic E-state index is 12.7. The second-order valence-corrected chi connectivity index (χ2v) is 12.5. The minimum Gasteiger partial charge on any atom is -0.394 e. The molecule has 0 radical (unpaired) electrons. The lowest BCUT2D eigenvalue weighted by atomic mass is 9.98. The number of aliphatic hydroxyl groups excluding tert-OH is 2. The van der Waals surface area contributed by atoms with E-state index < -0.39 is 29.5 Å². The van der Waals surface area contributed by atoms with Crippen LogP contribution >= 0.6 is 0 Å². The summed E-state index contributed by atoms with van der Waals surface area (Å²) in [6, 6.07) is 24.1. The highest BCUT2D eigenvalue weighted by Crippen LogP contribution is 2.31. The Morgan fingerprint density at radius 2 is 1.07 bits per heavy atom. The first-order chi connectivity index (χ1) is 26.4. The Hall–Kier alpha value is -5.56. The molecule has 1 fully saturated rings. The molecule has 3 heterocycles. The lowest BCUT2D eigenvalue weighted by Gasteiger charge is -2.20. The van der Waals surface area contributed by atoms with Crippen LogP contribution in [0.15, 0.2) is 97.1 Å². The van der Waals surface area contributed by atoms with Crippen molar-refractivity contribution in [1.82, 2.24) is 40.4 Å². The highest BCUT2D eigenvalue weighted by atomic mass is 19.4. The second kappa shape index (κ2) is 17.3. The summed E-state index contributed by atoms with van der Waals surface area (Å²) < 4.78 is 86.8. The zero-order valence-electron chi connectivity index (χ0n) is 28.9. The summed E-state index contributed by atoms with van der Waals surface area (Å²) in [7, 11) is 0. The van der Waals surface area contributed by atoms with Gasteiger partial charge in [0.2, 0.25) is 11.6 Å². The minimum absolute atomic E-state index is 0.142. The number of benzene rings is 4. The van der Waals surface area contributed by atoms with Crippen LogP contribution in [-0.4, -0.2) is 83.8 Å². The van der Waals surface area contributed by atoms with Crippen LogP contribution < -0.4 is 0 Å². The van der Waals surface area contributed by atoms with Crippen LogP contribution in [0.3, 0.4) is 0 Å². The Morgan fingerprint density at radius 1 is 0.618 bits per heavy atom. The number of aliphatic hydroxyl groups is 2. The number of ether oxygens (including phenoxy) is 2. The topological polar surface area (TPSA) is 146 Å². The van der Waals surface area contributed by atoms with Crippen molar-refractivity contribution in [3.05, 3.63) is 130 Å². The molecule has 0 saturated carbocycles. The Labute approximate surface area is 310 Å². The Morgan fingerprint density at radius 3 is 1.55 bits per heavy atom. The van der Waals surface area contributed by atoms with E-state index >= 15 is 0 Å². The fourth-order valence-electron chi connectivity index (χ4n) is 5.64. The molecule has 0 atom stereocenters. The summed E-state index contributed by atoms with van der Waals surface area (Å²) in [6.07, 6.45) is -7.86. The van der Waals surface area contributed by atoms with Gasteiger partial charge in [-0.05, 0) is 69.8 Å². The number of hydrogen-bond donors (Lipinski definition) is 2. The highest BCUT2D eigenvalue weighted by molar-refractivity contribution is 5.61. The molecule has 288 valence electrons. The average Bonchev–Trinajstić information content (AvgIpc) is 3.88. The van der Waals surface area contributed by atoms with E-state index in [0.29, 0.717) is 48.8 Å². The maximum Gasteiger partial charge on any atom is 0.416 e. The van der Waals surface area contributed by atoms with Crippen molar-refractivity contribution in [2.24, 2.45) is 0 Å². The number of rotatable bonds is 10. The number of nitrogens with zero attached hydrogens (tertiary/aromatic N) is 8. The van der Waals surface area contributed by atoms with Gasteiger partial charge in [0.1, 0.15) is 18.9 Å². The van der Waals surface area contributed by atoms with Crippen LogP contribution in [0.2, 0.25) is 0 Å². The second-order valence-electron chi connectivity index (χ2n) is 12.5. The molecule has 0 unspecified atom stereocenters. The van der Waals surface area contributed by atoms with E-state index in [1.807, 2.05) is 36.4 Å². The molecule has 0 amide bonds. The molecule has 55 heavy (non-hydrogen) atoms. The van der Waals surface area contributed by atoms with Gasteiger partial charge in [0, 0.05) is 11.1 Å². The number of hydrogen-bond acceptors (Lipinski definition) is 10. The van der Waals surface area contributed by atoms with E-state index in [4.69, 9.17) is 9.47 Å². The molecular weight excluding hydrogens is 734 g/mol. The molecule has 6 aromatic rings. The minimum atomic E-state index is -4.37. The Balaban J connectivity index is 0.000000187. The maximum atomic E-state index is 12.7. The molecule has 0 bridgehead atoms. The SMILES string of the molecule is FC(F)(F)c1ccc(Cc2ccccc2-c2nnn(C3COCOC3)n2)cc1.OCC(CO)n1nnc(-c2ccccc2Cc2ccc(C(F)(F)F)cc2)n1. The van der Waals surface area contributed by atoms with Crippen molar-refractivity contribution in [3.8, 4) is 22.8 Å². The molecule has 7 rings (SSSR count). The van der Waals surface area contributed by atoms with Crippen molar-refractivity contribution in [1.29, 1.82) is 0 Å². The normalized spacial score (nSPS) is 13.8. The van der Waals surface area contributed by atoms with Crippen LogP contribution in [0, 0.1) is 0 Å². The van der Waals surface area contributed by atoms with E-state index in [1.165, 1.54) is 29.1 Å². The van der Waals surface area contributed by atoms with E-state index in [-0.39, 0.29) is 26.0 Å². The van der Waals surface area contributed by atoms with Crippen LogP contribution in [0.4, 0.5) is 26.3 Å². The molecule has 18 heteroatoms. The van der Waals surface area contributed by atoms with E-state index in [2.05, 4.69) is 30.8 Å². The molecule has 0 aliphatic carbocycles. The van der Waals surface area contributed by atoms with Gasteiger partial charge in [0.15, 0.2) is 0 Å². The van der Waals surface area contributed by atoms with Crippen LogP contribution in [0.25, 0.3) is 22.8 Å². The summed E-state index contributed by atoms with van der Waals surface area (Å²) in [5, 5.41) is 43.1. The summed E-state index contributed by atoms with van der Waals surface area (Å²) in [6.45, 7) is 0.485. The Kier molecular flexibility index (Phi) is 12.3. The molecule has 2 aromatic heterocycles. The van der Waals surface area contributed by atoms with Crippen LogP contribution in [0.1, 0.15) is 45.5 Å². The number of tetrazole rings is 2. The first-order valence-electron chi connectivity index (χ1n) is 16.9. The van der Waals surface area contributed by atoms with E-state index in [9.17, 15) is 36.6 Å². The summed E-state index contributed by atoms with van der Waals surface area (Å²) >= 11 is 0. The molecular formula is C37H34F6N8O4. The largest absolute Gasteiger partial charge is 0.416 e. The fourth-order valence-corrected chi connectivity index (χ4v) is 5.64. The van der Waals surface area contributed by atoms with Crippen molar-refractivity contribution in [3.63, 3.8) is 0 Å². The summed E-state index contributed by atoms with van der Waals surface area (Å²) in [5.41, 5.74) is 3.31. The first kappa shape index (κ1) is 39.1. The lowest BCUT2D eigenvalue weighted by molar-refractivity contribution is -0.138. The van der Waals surface area contributed by atoms with E-state index in [0.717, 1.165) is 51.3 Å². The summed E-state index contributed by atoms with van der Waals surface area (Å²) in [5.74, 6) is 0.762. The van der Waals surface area contributed by atoms with Gasteiger partial charge in [-0.3, -0.25) is 0 Å². The molecule has 1 aliphatic rings. The smallest absolute Gasteiger partial charge is 0.394 e. The van der Waals surface area contributed by atoms with Crippen molar-refractivity contribution >= 4 is 0 Å². The number of halogens is 6. The summed E-state index contributed by atoms with van der Waals surface area (Å²) in [4.78, 5) is 2.62. The van der Waals surface area contributed by atoms with Crippen LogP contribution in [-0.2, 0) is 34.7 Å². The fraction of sp³-hybridized carbons (Fsp3) is 0.297. The van der Waals surface area contributed by atoms with Gasteiger partial charge in [-0.2, -0.15) is 35.9 Å². The molecule has 12 nitrogen and oxygen atoms in total. The van der Waals surface area contributed by atoms with Gasteiger partial charge in [0.05, 0.1) is 37.6 Å². The van der Waals surface area contributed by atoms with Crippen molar-refractivity contribution < 1.29 is 46.0 Å². The molecule has 1 saturated heterocycles. The third kappa shape index (κ3) is 9.96. The third-order valence-electron chi connectivity index (χ3n) is 8.59. The molecule has 1 aliphatic heterocycles. The highest BCUT2D eigenvalue weighted by Gasteiger charge is 2.31. The van der Waals surface area contributed by atoms with Gasteiger partial charge < -0.3 is 19.7 Å². The van der Waals surface area contributed by atoms with Gasteiger partial charge in [0.25, 0.3) is 0 Å². The number of alkyl halides is 6. The predicted molar refractivity (Wildman–Crippen MR) is 184 cm³/mol. The lowest BCUT2D eigenvalue weighted by Crippen LogP contribution is -2.28. The van der Waals surface area contributed by atoms with Gasteiger partial charge in [-0.25, -0.2) is 0 Å². The third-order valence-corrected chi connectivity index (χ3v) is 8.59. The molecule has 2 N–H and O–H groups in total. The molecule has 0 spiro atoms.